The molecule has 1 N–H and O–H groups in total. The van der Waals surface area contributed by atoms with Gasteiger partial charge in [0.15, 0.2) is 0 Å². The van der Waals surface area contributed by atoms with Crippen molar-refractivity contribution in [3.05, 3.63) is 23.4 Å². The number of pyridine rings is 1. The molecule has 110 valence electrons. The Bertz CT molecular complexity index is 430. The van der Waals surface area contributed by atoms with Crippen LogP contribution in [-0.2, 0) is 0 Å². The normalized spacial score (nSPS) is 13.7. The van der Waals surface area contributed by atoms with Crippen LogP contribution in [0.1, 0.15) is 39.5 Å². The molecule has 0 saturated heterocycles. The predicted octanol–water partition coefficient (Wildman–Crippen LogP) is 4.28. The Labute approximate surface area is 131 Å². The molecule has 5 heteroatoms. The molecule has 0 spiro atoms. The first-order valence-electron chi connectivity index (χ1n) is 7.06. The SMILES string of the molecule is CCCNC(C#N)(CC)CCCSc1ccc(Cl)cn1. The molecule has 0 fully saturated rings. The van der Waals surface area contributed by atoms with E-state index in [1.807, 2.05) is 12.1 Å². The Morgan fingerprint density at radius 1 is 1.45 bits per heavy atom. The second-order valence-corrected chi connectivity index (χ2v) is 6.29. The summed E-state index contributed by atoms with van der Waals surface area (Å²) in [5.41, 5.74) is -0.371. The zero-order valence-corrected chi connectivity index (χ0v) is 13.7. The third-order valence-electron chi connectivity index (χ3n) is 3.23. The number of thioether (sulfide) groups is 1. The van der Waals surface area contributed by atoms with Crippen molar-refractivity contribution in [2.24, 2.45) is 0 Å². The molecule has 0 radical (unpaired) electrons. The lowest BCUT2D eigenvalue weighted by Gasteiger charge is -2.26. The van der Waals surface area contributed by atoms with E-state index < -0.39 is 0 Å². The monoisotopic (exact) mass is 311 g/mol. The van der Waals surface area contributed by atoms with Crippen LogP contribution in [0.2, 0.25) is 5.02 Å². The third kappa shape index (κ3) is 5.70. The van der Waals surface area contributed by atoms with Crippen LogP contribution < -0.4 is 5.32 Å². The van der Waals surface area contributed by atoms with Crippen LogP contribution in [0.15, 0.2) is 23.4 Å². The number of hydrogen-bond donors (Lipinski definition) is 1. The summed E-state index contributed by atoms with van der Waals surface area (Å²) in [7, 11) is 0. The molecule has 20 heavy (non-hydrogen) atoms. The number of nitrogens with zero attached hydrogens (tertiary/aromatic N) is 2. The van der Waals surface area contributed by atoms with Crippen LogP contribution >= 0.6 is 23.4 Å². The lowest BCUT2D eigenvalue weighted by Crippen LogP contribution is -2.43. The van der Waals surface area contributed by atoms with Crippen molar-refractivity contribution in [2.45, 2.75) is 50.1 Å². The number of rotatable bonds is 9. The minimum Gasteiger partial charge on any atom is -0.299 e. The van der Waals surface area contributed by atoms with Gasteiger partial charge in [0.2, 0.25) is 0 Å². The quantitative estimate of drug-likeness (QED) is 0.546. The van der Waals surface area contributed by atoms with E-state index in [0.29, 0.717) is 5.02 Å². The Morgan fingerprint density at radius 3 is 2.80 bits per heavy atom. The summed E-state index contributed by atoms with van der Waals surface area (Å²) < 4.78 is 0. The molecule has 0 aliphatic rings. The van der Waals surface area contributed by atoms with Crippen LogP contribution in [0.5, 0.6) is 0 Å². The highest BCUT2D eigenvalue weighted by Crippen LogP contribution is 2.22. The molecule has 1 aromatic heterocycles. The number of nitrogens with one attached hydrogen (secondary N) is 1. The van der Waals surface area contributed by atoms with Crippen molar-refractivity contribution >= 4 is 23.4 Å². The zero-order valence-electron chi connectivity index (χ0n) is 12.2. The van der Waals surface area contributed by atoms with E-state index in [2.05, 4.69) is 30.2 Å². The topological polar surface area (TPSA) is 48.7 Å². The van der Waals surface area contributed by atoms with E-state index >= 15 is 0 Å². The summed E-state index contributed by atoms with van der Waals surface area (Å²) in [4.78, 5) is 4.25. The predicted molar refractivity (Wildman–Crippen MR) is 86.1 cm³/mol. The lowest BCUT2D eigenvalue weighted by molar-refractivity contribution is 0.371. The fourth-order valence-electron chi connectivity index (χ4n) is 1.93. The van der Waals surface area contributed by atoms with Gasteiger partial charge in [-0.15, -0.1) is 11.8 Å². The van der Waals surface area contributed by atoms with Gasteiger partial charge in [0, 0.05) is 6.20 Å². The van der Waals surface area contributed by atoms with Crippen LogP contribution in [0.4, 0.5) is 0 Å². The number of halogens is 1. The summed E-state index contributed by atoms with van der Waals surface area (Å²) in [6.07, 6.45) is 5.42. The van der Waals surface area contributed by atoms with Gasteiger partial charge in [-0.05, 0) is 50.1 Å². The molecule has 1 rings (SSSR count). The van der Waals surface area contributed by atoms with Gasteiger partial charge in [-0.1, -0.05) is 25.4 Å². The van der Waals surface area contributed by atoms with Crippen molar-refractivity contribution in [1.29, 1.82) is 5.26 Å². The number of aromatic nitrogens is 1. The fourth-order valence-corrected chi connectivity index (χ4v) is 2.83. The molecular formula is C15H22ClN3S. The van der Waals surface area contributed by atoms with Crippen LogP contribution in [0.25, 0.3) is 0 Å². The average Bonchev–Trinajstić information content (AvgIpc) is 2.49. The highest BCUT2D eigenvalue weighted by molar-refractivity contribution is 7.99. The molecule has 1 heterocycles. The smallest absolute Gasteiger partial charge is 0.106 e. The van der Waals surface area contributed by atoms with Crippen LogP contribution in [0, 0.1) is 11.3 Å². The van der Waals surface area contributed by atoms with Gasteiger partial charge in [0.25, 0.3) is 0 Å². The van der Waals surface area contributed by atoms with Crippen molar-refractivity contribution in [3.8, 4) is 6.07 Å². The molecular weight excluding hydrogens is 290 g/mol. The summed E-state index contributed by atoms with van der Waals surface area (Å²) in [6, 6.07) is 6.24. The second-order valence-electron chi connectivity index (χ2n) is 4.74. The highest BCUT2D eigenvalue weighted by atomic mass is 35.5. The summed E-state index contributed by atoms with van der Waals surface area (Å²) >= 11 is 7.51. The standard InChI is InChI=1S/C15H22ClN3S/c1-3-9-19-15(4-2,12-17)8-5-10-20-14-7-6-13(16)11-18-14/h6-7,11,19H,3-5,8-10H2,1-2H3. The molecule has 0 aliphatic heterocycles. The molecule has 1 atom stereocenters. The van der Waals surface area contributed by atoms with E-state index in [9.17, 15) is 5.26 Å². The van der Waals surface area contributed by atoms with Crippen molar-refractivity contribution in [1.82, 2.24) is 10.3 Å². The lowest BCUT2D eigenvalue weighted by atomic mass is 9.92. The largest absolute Gasteiger partial charge is 0.299 e. The van der Waals surface area contributed by atoms with Gasteiger partial charge in [0.1, 0.15) is 5.54 Å². The molecule has 0 amide bonds. The maximum absolute atomic E-state index is 9.40. The minimum absolute atomic E-state index is 0.371. The molecule has 0 aliphatic carbocycles. The van der Waals surface area contributed by atoms with E-state index in [1.165, 1.54) is 0 Å². The Balaban J connectivity index is 2.37. The molecule has 1 unspecified atom stereocenters. The van der Waals surface area contributed by atoms with Gasteiger partial charge < -0.3 is 0 Å². The molecule has 1 aromatic rings. The maximum atomic E-state index is 9.40. The first kappa shape index (κ1) is 17.3. The molecule has 0 aromatic carbocycles. The van der Waals surface area contributed by atoms with Gasteiger partial charge in [-0.2, -0.15) is 5.26 Å². The van der Waals surface area contributed by atoms with Gasteiger partial charge in [-0.3, -0.25) is 5.32 Å². The van der Waals surface area contributed by atoms with Gasteiger partial charge in [-0.25, -0.2) is 4.98 Å². The first-order valence-corrected chi connectivity index (χ1v) is 8.42. The van der Waals surface area contributed by atoms with E-state index in [1.54, 1.807) is 18.0 Å². The maximum Gasteiger partial charge on any atom is 0.106 e. The summed E-state index contributed by atoms with van der Waals surface area (Å²) in [5.74, 6) is 0.964. The molecule has 0 bridgehead atoms. The first-order chi connectivity index (χ1) is 9.65. The number of hydrogen-bond acceptors (Lipinski definition) is 4. The third-order valence-corrected chi connectivity index (χ3v) is 4.48. The van der Waals surface area contributed by atoms with Gasteiger partial charge >= 0.3 is 0 Å². The summed E-state index contributed by atoms with van der Waals surface area (Å²) in [5, 5.41) is 14.4. The molecule has 3 nitrogen and oxygen atoms in total. The van der Waals surface area contributed by atoms with Crippen molar-refractivity contribution < 1.29 is 0 Å². The van der Waals surface area contributed by atoms with Crippen LogP contribution in [0.3, 0.4) is 0 Å². The van der Waals surface area contributed by atoms with Gasteiger partial charge in [0.05, 0.1) is 16.1 Å². The van der Waals surface area contributed by atoms with E-state index in [0.717, 1.165) is 43.0 Å². The van der Waals surface area contributed by atoms with Crippen molar-refractivity contribution in [3.63, 3.8) is 0 Å². The van der Waals surface area contributed by atoms with Crippen molar-refractivity contribution in [2.75, 3.05) is 12.3 Å². The number of nitriles is 1. The minimum atomic E-state index is -0.371. The Morgan fingerprint density at radius 2 is 2.25 bits per heavy atom. The zero-order chi connectivity index (χ0) is 14.8. The summed E-state index contributed by atoms with van der Waals surface area (Å²) in [6.45, 7) is 5.08. The van der Waals surface area contributed by atoms with Crippen LogP contribution in [-0.4, -0.2) is 22.8 Å². The second kappa shape index (κ2) is 9.23. The highest BCUT2D eigenvalue weighted by Gasteiger charge is 2.26. The average molecular weight is 312 g/mol. The Hall–Kier alpha value is -0.760. The Kier molecular flexibility index (Phi) is 7.98. The fraction of sp³-hybridized carbons (Fsp3) is 0.600. The molecule has 0 saturated carbocycles. The van der Waals surface area contributed by atoms with E-state index in [-0.39, 0.29) is 5.54 Å². The van der Waals surface area contributed by atoms with E-state index in [4.69, 9.17) is 11.6 Å².